The van der Waals surface area contributed by atoms with E-state index >= 15 is 0 Å². The van der Waals surface area contributed by atoms with Crippen LogP contribution in [0.15, 0.2) is 36.4 Å². The van der Waals surface area contributed by atoms with Gasteiger partial charge in [-0.3, -0.25) is 0 Å². The largest absolute Gasteiger partial charge is 0.496 e. The summed E-state index contributed by atoms with van der Waals surface area (Å²) in [5.74, 6) is 0.916. The van der Waals surface area contributed by atoms with Crippen LogP contribution in [0.3, 0.4) is 0 Å². The lowest BCUT2D eigenvalue weighted by molar-refractivity contribution is 0.405. The Balaban J connectivity index is 2.13. The highest BCUT2D eigenvalue weighted by Crippen LogP contribution is 2.50. The van der Waals surface area contributed by atoms with Gasteiger partial charge in [-0.2, -0.15) is 0 Å². The maximum absolute atomic E-state index is 5.61. The zero-order valence-electron chi connectivity index (χ0n) is 16.2. The second-order valence-corrected chi connectivity index (χ2v) is 6.96. The van der Waals surface area contributed by atoms with Gasteiger partial charge >= 0.3 is 0 Å². The molecule has 0 atom stereocenters. The van der Waals surface area contributed by atoms with Crippen LogP contribution < -0.4 is 24.3 Å². The van der Waals surface area contributed by atoms with Gasteiger partial charge in [0.05, 0.1) is 29.9 Å². The highest BCUT2D eigenvalue weighted by Gasteiger charge is 2.35. The first-order chi connectivity index (χ1) is 11.9. The summed E-state index contributed by atoms with van der Waals surface area (Å²) in [6, 6.07) is 12.8. The molecule has 0 bridgehead atoms. The third-order valence-electron chi connectivity index (χ3n) is 4.95. The van der Waals surface area contributed by atoms with Crippen molar-refractivity contribution in [2.45, 2.75) is 6.17 Å². The lowest BCUT2D eigenvalue weighted by atomic mass is 10.1. The summed E-state index contributed by atoms with van der Waals surface area (Å²) in [6.07, 6.45) is 0.110. The molecule has 0 radical (unpaired) electrons. The van der Waals surface area contributed by atoms with Crippen molar-refractivity contribution in [2.24, 2.45) is 0 Å². The molecule has 1 heterocycles. The van der Waals surface area contributed by atoms with Crippen LogP contribution in [0.2, 0.25) is 0 Å². The Hall–Kier alpha value is -2.56. The summed E-state index contributed by atoms with van der Waals surface area (Å²) < 4.78 is 5.61. The van der Waals surface area contributed by atoms with E-state index in [0.29, 0.717) is 0 Å². The molecule has 2 aromatic carbocycles. The zero-order valence-corrected chi connectivity index (χ0v) is 16.2. The van der Waals surface area contributed by atoms with Gasteiger partial charge in [0.15, 0.2) is 0 Å². The fourth-order valence-corrected chi connectivity index (χ4v) is 3.66. The van der Waals surface area contributed by atoms with Crippen LogP contribution >= 0.6 is 0 Å². The molecular weight excluding hydrogens is 312 g/mol. The van der Waals surface area contributed by atoms with Crippen molar-refractivity contribution < 1.29 is 4.74 Å². The lowest BCUT2D eigenvalue weighted by Gasteiger charge is -2.29. The molecule has 25 heavy (non-hydrogen) atoms. The molecule has 0 unspecified atom stereocenters. The van der Waals surface area contributed by atoms with Gasteiger partial charge in [-0.25, -0.2) is 0 Å². The number of methoxy groups -OCH3 is 1. The monoisotopic (exact) mass is 340 g/mol. The van der Waals surface area contributed by atoms with E-state index < -0.39 is 0 Å². The van der Waals surface area contributed by atoms with Gasteiger partial charge in [-0.15, -0.1) is 0 Å². The van der Waals surface area contributed by atoms with E-state index in [1.165, 1.54) is 28.3 Å². The first-order valence-corrected chi connectivity index (χ1v) is 8.48. The van der Waals surface area contributed by atoms with Crippen molar-refractivity contribution in [2.75, 3.05) is 69.0 Å². The molecule has 0 saturated heterocycles. The molecule has 3 rings (SSSR count). The second-order valence-electron chi connectivity index (χ2n) is 6.96. The highest BCUT2D eigenvalue weighted by molar-refractivity contribution is 5.88. The summed E-state index contributed by atoms with van der Waals surface area (Å²) in [5.41, 5.74) is 6.05. The summed E-state index contributed by atoms with van der Waals surface area (Å²) in [7, 11) is 14.4. The third-order valence-corrected chi connectivity index (χ3v) is 4.95. The normalized spacial score (nSPS) is 13.9. The van der Waals surface area contributed by atoms with Gasteiger partial charge in [0.25, 0.3) is 0 Å². The minimum absolute atomic E-state index is 0.110. The zero-order chi connectivity index (χ0) is 18.3. The van der Waals surface area contributed by atoms with E-state index in [4.69, 9.17) is 4.74 Å². The van der Waals surface area contributed by atoms with Crippen LogP contribution in [0.4, 0.5) is 22.7 Å². The summed E-state index contributed by atoms with van der Waals surface area (Å²) >= 11 is 0. The van der Waals surface area contributed by atoms with Crippen molar-refractivity contribution >= 4 is 22.7 Å². The summed E-state index contributed by atoms with van der Waals surface area (Å²) in [5, 5.41) is 0. The van der Waals surface area contributed by atoms with Crippen molar-refractivity contribution in [3.8, 4) is 5.75 Å². The topological polar surface area (TPSA) is 22.2 Å². The molecule has 0 spiro atoms. The Morgan fingerprint density at radius 1 is 0.840 bits per heavy atom. The van der Waals surface area contributed by atoms with Gasteiger partial charge in [0.2, 0.25) is 0 Å². The molecule has 5 nitrogen and oxygen atoms in total. The van der Waals surface area contributed by atoms with Gasteiger partial charge in [-0.05, 0) is 18.2 Å². The summed E-state index contributed by atoms with van der Waals surface area (Å²) in [4.78, 5) is 8.97. The molecule has 0 fully saturated rings. The van der Waals surface area contributed by atoms with Gasteiger partial charge in [0, 0.05) is 47.8 Å². The molecule has 0 aliphatic carbocycles. The number of benzene rings is 2. The van der Waals surface area contributed by atoms with Crippen LogP contribution in [-0.2, 0) is 0 Å². The molecule has 1 aliphatic heterocycles. The molecule has 1 aliphatic rings. The Kier molecular flexibility index (Phi) is 4.41. The predicted octanol–water partition coefficient (Wildman–Crippen LogP) is 3.41. The minimum atomic E-state index is 0.110. The Labute approximate surface area is 151 Å². The van der Waals surface area contributed by atoms with Crippen LogP contribution in [-0.4, -0.2) is 49.4 Å². The van der Waals surface area contributed by atoms with E-state index in [-0.39, 0.29) is 6.17 Å². The molecule has 0 N–H and O–H groups in total. The maximum Gasteiger partial charge on any atom is 0.131 e. The first kappa shape index (κ1) is 17.3. The van der Waals surface area contributed by atoms with E-state index in [1.54, 1.807) is 7.11 Å². The molecular formula is C20H28N4O. The fraction of sp³-hybridized carbons (Fsp3) is 0.400. The lowest BCUT2D eigenvalue weighted by Crippen LogP contribution is -2.30. The first-order valence-electron chi connectivity index (χ1n) is 8.48. The molecule has 0 saturated carbocycles. The molecule has 2 aromatic rings. The average molecular weight is 340 g/mol. The number of para-hydroxylation sites is 1. The molecule has 134 valence electrons. The van der Waals surface area contributed by atoms with Gasteiger partial charge in [-0.1, -0.05) is 18.2 Å². The van der Waals surface area contributed by atoms with Gasteiger partial charge in [0.1, 0.15) is 11.9 Å². The summed E-state index contributed by atoms with van der Waals surface area (Å²) in [6.45, 7) is 0. The van der Waals surface area contributed by atoms with E-state index in [1.807, 2.05) is 12.1 Å². The van der Waals surface area contributed by atoms with Crippen LogP contribution in [0.1, 0.15) is 11.7 Å². The van der Waals surface area contributed by atoms with Crippen LogP contribution in [0.25, 0.3) is 0 Å². The average Bonchev–Trinajstić information content (AvgIpc) is 2.84. The van der Waals surface area contributed by atoms with Crippen molar-refractivity contribution in [1.29, 1.82) is 0 Å². The fourth-order valence-electron chi connectivity index (χ4n) is 3.66. The SMILES string of the molecule is COc1ccccc1C1N(C)c2cc(N(C)C)c(N(C)C)cc2N1C. The van der Waals surface area contributed by atoms with E-state index in [0.717, 1.165) is 5.75 Å². The minimum Gasteiger partial charge on any atom is -0.496 e. The Bertz CT molecular complexity index is 731. The Morgan fingerprint density at radius 2 is 1.32 bits per heavy atom. The number of ether oxygens (including phenoxy) is 1. The second kappa shape index (κ2) is 6.39. The van der Waals surface area contributed by atoms with Gasteiger partial charge < -0.3 is 24.3 Å². The van der Waals surface area contributed by atoms with Crippen molar-refractivity contribution in [1.82, 2.24) is 0 Å². The third kappa shape index (κ3) is 2.73. The predicted molar refractivity (Wildman–Crippen MR) is 108 cm³/mol. The molecule has 0 amide bonds. The number of nitrogens with zero attached hydrogens (tertiary/aromatic N) is 4. The molecule has 5 heteroatoms. The maximum atomic E-state index is 5.61. The number of anilines is 4. The van der Waals surface area contributed by atoms with Crippen LogP contribution in [0, 0.1) is 0 Å². The number of rotatable bonds is 4. The Morgan fingerprint density at radius 3 is 1.76 bits per heavy atom. The smallest absolute Gasteiger partial charge is 0.131 e. The highest BCUT2D eigenvalue weighted by atomic mass is 16.5. The number of fused-ring (bicyclic) bond motifs is 1. The standard InChI is InChI=1S/C20H28N4O/c1-21(2)15-12-17-18(13-16(15)22(3)4)24(6)20(23(17)5)14-10-8-9-11-19(14)25-7/h8-13,20H,1-7H3. The van der Waals surface area contributed by atoms with Crippen LogP contribution in [0.5, 0.6) is 5.75 Å². The molecule has 0 aromatic heterocycles. The van der Waals surface area contributed by atoms with Crippen molar-refractivity contribution in [3.63, 3.8) is 0 Å². The number of hydrogen-bond acceptors (Lipinski definition) is 5. The number of hydrogen-bond donors (Lipinski definition) is 0. The van der Waals surface area contributed by atoms with E-state index in [9.17, 15) is 0 Å². The van der Waals surface area contributed by atoms with E-state index in [2.05, 4.69) is 86.2 Å². The quantitative estimate of drug-likeness (QED) is 0.848. The van der Waals surface area contributed by atoms with Crippen molar-refractivity contribution in [3.05, 3.63) is 42.0 Å².